The van der Waals surface area contributed by atoms with Crippen LogP contribution in [0.2, 0.25) is 0 Å². The zero-order valence-corrected chi connectivity index (χ0v) is 11.3. The van der Waals surface area contributed by atoms with Crippen molar-refractivity contribution in [2.75, 3.05) is 11.9 Å². The number of allylic oxidation sites excluding steroid dienone is 1. The van der Waals surface area contributed by atoms with Crippen molar-refractivity contribution >= 4 is 40.5 Å². The van der Waals surface area contributed by atoms with Crippen molar-refractivity contribution in [3.63, 3.8) is 0 Å². The van der Waals surface area contributed by atoms with Gasteiger partial charge < -0.3 is 4.90 Å². The van der Waals surface area contributed by atoms with Crippen molar-refractivity contribution in [1.82, 2.24) is 0 Å². The Morgan fingerprint density at radius 3 is 2.44 bits per heavy atom. The van der Waals surface area contributed by atoms with Crippen LogP contribution in [0.1, 0.15) is 12.5 Å². The number of rotatable bonds is 0. The fraction of sp³-hybridized carbons (Fsp3) is 0.333. The molecule has 0 saturated carbocycles. The summed E-state index contributed by atoms with van der Waals surface area (Å²) in [5.41, 5.74) is 1.50. The Labute approximate surface area is 111 Å². The maximum absolute atomic E-state index is 6.09. The molecule has 4 heteroatoms. The molecule has 86 valence electrons. The Morgan fingerprint density at radius 1 is 1.19 bits per heavy atom. The van der Waals surface area contributed by atoms with Crippen LogP contribution in [-0.4, -0.2) is 10.8 Å². The Kier molecular flexibility index (Phi) is 2.90. The third-order valence-electron chi connectivity index (χ3n) is 3.06. The molecule has 1 aromatic rings. The van der Waals surface area contributed by atoms with E-state index in [2.05, 4.69) is 0 Å². The van der Waals surface area contributed by atoms with Crippen LogP contribution < -0.4 is 4.90 Å². The minimum absolute atomic E-state index is 0.596. The largest absolute Gasteiger partial charge is 0.351 e. The third kappa shape index (κ3) is 1.71. The van der Waals surface area contributed by atoms with Crippen molar-refractivity contribution in [2.45, 2.75) is 16.1 Å². The van der Waals surface area contributed by atoms with E-state index in [0.29, 0.717) is 0 Å². The highest BCUT2D eigenvalue weighted by atomic mass is 35.6. The van der Waals surface area contributed by atoms with Gasteiger partial charge >= 0.3 is 0 Å². The fourth-order valence-electron chi connectivity index (χ4n) is 1.90. The summed E-state index contributed by atoms with van der Waals surface area (Å²) in [7, 11) is 1.98. The lowest BCUT2D eigenvalue weighted by Crippen LogP contribution is -2.39. The topological polar surface area (TPSA) is 3.24 Å². The third-order valence-corrected chi connectivity index (χ3v) is 4.24. The highest BCUT2D eigenvalue weighted by molar-refractivity contribution is 6.68. The number of anilines is 1. The molecule has 0 fully saturated rings. The quantitative estimate of drug-likeness (QED) is 0.639. The van der Waals surface area contributed by atoms with E-state index >= 15 is 0 Å². The van der Waals surface area contributed by atoms with Crippen molar-refractivity contribution < 1.29 is 0 Å². The molecule has 16 heavy (non-hydrogen) atoms. The van der Waals surface area contributed by atoms with Gasteiger partial charge in [0.25, 0.3) is 0 Å². The number of hydrogen-bond acceptors (Lipinski definition) is 1. The monoisotopic (exact) mass is 275 g/mol. The van der Waals surface area contributed by atoms with Gasteiger partial charge in [0.05, 0.1) is 5.41 Å². The van der Waals surface area contributed by atoms with Crippen LogP contribution in [0, 0.1) is 0 Å². The van der Waals surface area contributed by atoms with Crippen molar-refractivity contribution in [3.8, 4) is 0 Å². The zero-order valence-electron chi connectivity index (χ0n) is 9.05. The number of benzene rings is 1. The van der Waals surface area contributed by atoms with Gasteiger partial charge in [0.15, 0.2) is 0 Å². The summed E-state index contributed by atoms with van der Waals surface area (Å²) >= 11 is 18.3. The first kappa shape index (κ1) is 12.1. The van der Waals surface area contributed by atoms with Gasteiger partial charge in [0.2, 0.25) is 3.79 Å². The van der Waals surface area contributed by atoms with E-state index in [0.717, 1.165) is 11.3 Å². The summed E-state index contributed by atoms with van der Waals surface area (Å²) in [4.78, 5) is 2.02. The molecular weight excluding hydrogens is 264 g/mol. The zero-order chi connectivity index (χ0) is 12.0. The summed E-state index contributed by atoms with van der Waals surface area (Å²) in [6, 6.07) is 7.96. The molecule has 0 amide bonds. The van der Waals surface area contributed by atoms with Crippen LogP contribution in [-0.2, 0) is 5.41 Å². The molecule has 0 radical (unpaired) electrons. The second-order valence-corrected chi connectivity index (χ2v) is 6.43. The van der Waals surface area contributed by atoms with Crippen LogP contribution in [0.15, 0.2) is 36.5 Å². The number of para-hydroxylation sites is 1. The first-order chi connectivity index (χ1) is 7.36. The van der Waals surface area contributed by atoms with Gasteiger partial charge in [-0.15, -0.1) is 0 Å². The molecule has 1 aliphatic rings. The van der Waals surface area contributed by atoms with Gasteiger partial charge in [0, 0.05) is 18.9 Å². The second kappa shape index (κ2) is 3.83. The van der Waals surface area contributed by atoms with Crippen molar-refractivity contribution in [1.29, 1.82) is 0 Å². The summed E-state index contributed by atoms with van der Waals surface area (Å²) in [6.45, 7) is 1.93. The standard InChI is InChI=1S/C12H12Cl3N/c1-11(12(13,14)15)7-8-16(2)10-6-4-3-5-9(10)11/h3-8H,1-2H3. The van der Waals surface area contributed by atoms with E-state index in [1.165, 1.54) is 0 Å². The summed E-state index contributed by atoms with van der Waals surface area (Å²) < 4.78 is -1.36. The van der Waals surface area contributed by atoms with Crippen LogP contribution in [0.4, 0.5) is 5.69 Å². The predicted octanol–water partition coefficient (Wildman–Crippen LogP) is 4.28. The molecule has 1 unspecified atom stereocenters. The Hall–Kier alpha value is -0.370. The number of fused-ring (bicyclic) bond motifs is 1. The summed E-state index contributed by atoms with van der Waals surface area (Å²) in [5.74, 6) is 0. The molecule has 2 rings (SSSR count). The molecule has 1 heterocycles. The molecule has 1 aliphatic heterocycles. The molecule has 0 N–H and O–H groups in total. The van der Waals surface area contributed by atoms with Gasteiger partial charge in [0.1, 0.15) is 0 Å². The number of hydrogen-bond donors (Lipinski definition) is 0. The molecule has 0 bridgehead atoms. The molecule has 1 nitrogen and oxygen atoms in total. The lowest BCUT2D eigenvalue weighted by molar-refractivity contribution is 0.600. The highest BCUT2D eigenvalue weighted by Crippen LogP contribution is 2.51. The van der Waals surface area contributed by atoms with Crippen LogP contribution in [0.25, 0.3) is 0 Å². The van der Waals surface area contributed by atoms with E-state index in [1.807, 2.05) is 55.4 Å². The number of halogens is 3. The van der Waals surface area contributed by atoms with Gasteiger partial charge in [-0.3, -0.25) is 0 Å². The summed E-state index contributed by atoms with van der Waals surface area (Å²) in [6.07, 6.45) is 3.87. The Morgan fingerprint density at radius 2 is 1.81 bits per heavy atom. The first-order valence-electron chi connectivity index (χ1n) is 4.95. The number of nitrogens with zero attached hydrogens (tertiary/aromatic N) is 1. The smallest absolute Gasteiger partial charge is 0.203 e. The molecule has 0 aliphatic carbocycles. The SMILES string of the molecule is CN1C=CC(C)(C(Cl)(Cl)Cl)c2ccccc21. The van der Waals surface area contributed by atoms with Gasteiger partial charge in [-0.05, 0) is 18.6 Å². The lowest BCUT2D eigenvalue weighted by Gasteiger charge is -2.40. The minimum atomic E-state index is -1.36. The molecule has 1 aromatic carbocycles. The molecule has 0 spiro atoms. The van der Waals surface area contributed by atoms with Gasteiger partial charge in [-0.2, -0.15) is 0 Å². The maximum Gasteiger partial charge on any atom is 0.203 e. The van der Waals surface area contributed by atoms with E-state index in [1.54, 1.807) is 0 Å². The Balaban J connectivity index is 2.64. The first-order valence-corrected chi connectivity index (χ1v) is 6.08. The molecule has 0 aromatic heterocycles. The van der Waals surface area contributed by atoms with Gasteiger partial charge in [-0.25, -0.2) is 0 Å². The summed E-state index contributed by atoms with van der Waals surface area (Å²) in [5, 5.41) is 0. The van der Waals surface area contributed by atoms with Crippen molar-refractivity contribution in [2.24, 2.45) is 0 Å². The minimum Gasteiger partial charge on any atom is -0.351 e. The second-order valence-electron chi connectivity index (χ2n) is 4.14. The lowest BCUT2D eigenvalue weighted by atomic mass is 9.81. The van der Waals surface area contributed by atoms with Crippen LogP contribution >= 0.6 is 34.8 Å². The average Bonchev–Trinajstić information content (AvgIpc) is 2.23. The average molecular weight is 277 g/mol. The van der Waals surface area contributed by atoms with Crippen molar-refractivity contribution in [3.05, 3.63) is 42.1 Å². The van der Waals surface area contributed by atoms with Crippen LogP contribution in [0.3, 0.4) is 0 Å². The van der Waals surface area contributed by atoms with E-state index in [9.17, 15) is 0 Å². The Bertz CT molecular complexity index is 436. The fourth-order valence-corrected chi connectivity index (χ4v) is 2.39. The maximum atomic E-state index is 6.09. The normalized spacial score (nSPS) is 24.4. The number of alkyl halides is 3. The predicted molar refractivity (Wildman–Crippen MR) is 71.6 cm³/mol. The van der Waals surface area contributed by atoms with E-state index < -0.39 is 9.21 Å². The molecule has 0 saturated heterocycles. The molecular formula is C12H12Cl3N. The highest BCUT2D eigenvalue weighted by Gasteiger charge is 2.46. The van der Waals surface area contributed by atoms with Gasteiger partial charge in [-0.1, -0.05) is 59.1 Å². The molecule has 1 atom stereocenters. The van der Waals surface area contributed by atoms with E-state index in [4.69, 9.17) is 34.8 Å². The van der Waals surface area contributed by atoms with E-state index in [-0.39, 0.29) is 0 Å². The van der Waals surface area contributed by atoms with Crippen LogP contribution in [0.5, 0.6) is 0 Å².